The Morgan fingerprint density at radius 1 is 1.00 bits per heavy atom. The molecule has 0 bridgehead atoms. The van der Waals surface area contributed by atoms with E-state index in [1.165, 1.54) is 0 Å². The van der Waals surface area contributed by atoms with Gasteiger partial charge in [-0.3, -0.25) is 0 Å². The van der Waals surface area contributed by atoms with Gasteiger partial charge < -0.3 is 14.2 Å². The van der Waals surface area contributed by atoms with Crippen molar-refractivity contribution in [2.45, 2.75) is 19.3 Å². The number of unbranched alkanes of at least 4 members (excludes halogenated alkanes) is 2. The van der Waals surface area contributed by atoms with E-state index in [4.69, 9.17) is 43.8 Å². The van der Waals surface area contributed by atoms with Gasteiger partial charge in [0.15, 0.2) is 0 Å². The van der Waals surface area contributed by atoms with Crippen molar-refractivity contribution in [2.24, 2.45) is 0 Å². The SMILES string of the molecule is C#CCOc1ccc(OCCCCCOCC=C(Cl)Cl)cc1. The Balaban J connectivity index is 2.02. The van der Waals surface area contributed by atoms with E-state index in [-0.39, 0.29) is 11.1 Å². The monoisotopic (exact) mass is 342 g/mol. The normalized spacial score (nSPS) is 9.86. The highest BCUT2D eigenvalue weighted by molar-refractivity contribution is 6.55. The minimum atomic E-state index is 0.240. The molecule has 120 valence electrons. The zero-order chi connectivity index (χ0) is 16.0. The van der Waals surface area contributed by atoms with Crippen LogP contribution in [0.25, 0.3) is 0 Å². The van der Waals surface area contributed by atoms with E-state index in [0.29, 0.717) is 19.8 Å². The van der Waals surface area contributed by atoms with Crippen molar-refractivity contribution >= 4 is 23.2 Å². The van der Waals surface area contributed by atoms with E-state index >= 15 is 0 Å². The zero-order valence-electron chi connectivity index (χ0n) is 12.4. The van der Waals surface area contributed by atoms with Crippen molar-refractivity contribution < 1.29 is 14.2 Å². The summed E-state index contributed by atoms with van der Waals surface area (Å²) in [7, 11) is 0. The Morgan fingerprint density at radius 3 is 2.27 bits per heavy atom. The van der Waals surface area contributed by atoms with Crippen LogP contribution in [0.2, 0.25) is 0 Å². The Hall–Kier alpha value is -1.34. The van der Waals surface area contributed by atoms with Gasteiger partial charge in [0.05, 0.1) is 13.2 Å². The highest BCUT2D eigenvalue weighted by Gasteiger charge is 1.96. The lowest BCUT2D eigenvalue weighted by atomic mass is 10.2. The van der Waals surface area contributed by atoms with Crippen LogP contribution < -0.4 is 9.47 Å². The van der Waals surface area contributed by atoms with E-state index in [0.717, 1.165) is 30.8 Å². The minimum Gasteiger partial charge on any atom is -0.494 e. The molecule has 0 N–H and O–H groups in total. The maximum absolute atomic E-state index is 5.64. The second-order valence-electron chi connectivity index (χ2n) is 4.44. The van der Waals surface area contributed by atoms with Crippen molar-refractivity contribution in [3.05, 3.63) is 34.8 Å². The van der Waals surface area contributed by atoms with Crippen LogP contribution in [0.1, 0.15) is 19.3 Å². The average Bonchev–Trinajstić information content (AvgIpc) is 2.52. The molecule has 22 heavy (non-hydrogen) atoms. The molecule has 0 amide bonds. The summed E-state index contributed by atoms with van der Waals surface area (Å²) in [5, 5.41) is 0. The standard InChI is InChI=1S/C17H20Cl2O3/c1-2-11-21-15-6-8-16(9-7-15)22-13-5-3-4-12-20-14-10-17(18)19/h1,6-10H,3-5,11-14H2. The highest BCUT2D eigenvalue weighted by Crippen LogP contribution is 2.17. The molecule has 0 heterocycles. The van der Waals surface area contributed by atoms with Crippen molar-refractivity contribution in [1.29, 1.82) is 0 Å². The molecule has 0 saturated carbocycles. The second-order valence-corrected chi connectivity index (χ2v) is 5.45. The Morgan fingerprint density at radius 2 is 1.64 bits per heavy atom. The van der Waals surface area contributed by atoms with E-state index in [2.05, 4.69) is 5.92 Å². The van der Waals surface area contributed by atoms with Crippen LogP contribution in [0.5, 0.6) is 11.5 Å². The van der Waals surface area contributed by atoms with Gasteiger partial charge in [-0.15, -0.1) is 6.42 Å². The number of hydrogen-bond acceptors (Lipinski definition) is 3. The molecule has 0 aromatic heterocycles. The van der Waals surface area contributed by atoms with Gasteiger partial charge in [-0.05, 0) is 49.6 Å². The van der Waals surface area contributed by atoms with Crippen molar-refractivity contribution in [2.75, 3.05) is 26.4 Å². The molecule has 0 saturated heterocycles. The smallest absolute Gasteiger partial charge is 0.148 e. The predicted octanol–water partition coefficient (Wildman–Crippen LogP) is 4.58. The Bertz CT molecular complexity index is 474. The molecule has 3 nitrogen and oxygen atoms in total. The molecule has 0 atom stereocenters. The summed E-state index contributed by atoms with van der Waals surface area (Å²) in [6.45, 7) is 2.10. The van der Waals surface area contributed by atoms with Gasteiger partial charge in [0, 0.05) is 6.61 Å². The molecular formula is C17H20Cl2O3. The van der Waals surface area contributed by atoms with Gasteiger partial charge in [-0.25, -0.2) is 0 Å². The first kappa shape index (κ1) is 18.7. The van der Waals surface area contributed by atoms with Crippen LogP contribution in [0.4, 0.5) is 0 Å². The van der Waals surface area contributed by atoms with Crippen molar-refractivity contribution in [3.63, 3.8) is 0 Å². The first-order valence-corrected chi connectivity index (χ1v) is 7.86. The Kier molecular flexibility index (Phi) is 10.4. The third kappa shape index (κ3) is 9.57. The summed E-state index contributed by atoms with van der Waals surface area (Å²) in [5.41, 5.74) is 0. The molecule has 0 unspecified atom stereocenters. The number of hydrogen-bond donors (Lipinski definition) is 0. The molecule has 1 aromatic carbocycles. The van der Waals surface area contributed by atoms with Gasteiger partial charge in [-0.2, -0.15) is 0 Å². The summed E-state index contributed by atoms with van der Waals surface area (Å²) < 4.78 is 16.5. The molecule has 0 fully saturated rings. The van der Waals surface area contributed by atoms with Crippen LogP contribution in [0.15, 0.2) is 34.8 Å². The number of rotatable bonds is 11. The zero-order valence-corrected chi connectivity index (χ0v) is 13.9. The summed E-state index contributed by atoms with van der Waals surface area (Å²) in [5.74, 6) is 3.99. The quantitative estimate of drug-likeness (QED) is 0.435. The number of ether oxygens (including phenoxy) is 3. The molecule has 5 heteroatoms. The first-order valence-electron chi connectivity index (χ1n) is 7.10. The average molecular weight is 343 g/mol. The lowest BCUT2D eigenvalue weighted by Gasteiger charge is -2.07. The van der Waals surface area contributed by atoms with Crippen LogP contribution in [-0.2, 0) is 4.74 Å². The number of benzene rings is 1. The largest absolute Gasteiger partial charge is 0.494 e. The third-order valence-corrected chi connectivity index (χ3v) is 3.01. The summed E-state index contributed by atoms with van der Waals surface area (Å²) >= 11 is 10.9. The van der Waals surface area contributed by atoms with Gasteiger partial charge in [0.1, 0.15) is 22.6 Å². The molecule has 0 aliphatic carbocycles. The summed E-state index contributed by atoms with van der Waals surface area (Å²) in [4.78, 5) is 0. The minimum absolute atomic E-state index is 0.240. The third-order valence-electron chi connectivity index (χ3n) is 2.70. The van der Waals surface area contributed by atoms with E-state index in [1.807, 2.05) is 24.3 Å². The van der Waals surface area contributed by atoms with Gasteiger partial charge >= 0.3 is 0 Å². The van der Waals surface area contributed by atoms with E-state index in [9.17, 15) is 0 Å². The first-order chi connectivity index (χ1) is 10.7. The van der Waals surface area contributed by atoms with Crippen LogP contribution in [0, 0.1) is 12.3 Å². The molecule has 0 spiro atoms. The number of halogens is 2. The van der Waals surface area contributed by atoms with Gasteiger partial charge in [0.25, 0.3) is 0 Å². The molecule has 1 aromatic rings. The van der Waals surface area contributed by atoms with Crippen LogP contribution in [-0.4, -0.2) is 26.4 Å². The summed E-state index contributed by atoms with van der Waals surface area (Å²) in [6, 6.07) is 7.43. The fourth-order valence-electron chi connectivity index (χ4n) is 1.64. The lowest BCUT2D eigenvalue weighted by Crippen LogP contribution is -2.00. The maximum atomic E-state index is 5.64. The van der Waals surface area contributed by atoms with Gasteiger partial charge in [-0.1, -0.05) is 29.1 Å². The van der Waals surface area contributed by atoms with E-state index < -0.39 is 0 Å². The van der Waals surface area contributed by atoms with Crippen LogP contribution in [0.3, 0.4) is 0 Å². The highest BCUT2D eigenvalue weighted by atomic mass is 35.5. The fraction of sp³-hybridized carbons (Fsp3) is 0.412. The molecule has 0 radical (unpaired) electrons. The molecular weight excluding hydrogens is 323 g/mol. The van der Waals surface area contributed by atoms with Crippen LogP contribution >= 0.6 is 23.2 Å². The Labute approximate surface area is 142 Å². The second kappa shape index (κ2) is 12.2. The predicted molar refractivity (Wildman–Crippen MR) is 90.7 cm³/mol. The maximum Gasteiger partial charge on any atom is 0.148 e. The topological polar surface area (TPSA) is 27.7 Å². The lowest BCUT2D eigenvalue weighted by molar-refractivity contribution is 0.155. The molecule has 0 aliphatic rings. The fourth-order valence-corrected chi connectivity index (χ4v) is 1.76. The molecule has 1 rings (SSSR count). The van der Waals surface area contributed by atoms with Crippen molar-refractivity contribution in [3.8, 4) is 23.8 Å². The molecule has 0 aliphatic heterocycles. The summed E-state index contributed by atoms with van der Waals surface area (Å²) in [6.07, 6.45) is 9.76. The van der Waals surface area contributed by atoms with E-state index in [1.54, 1.807) is 6.08 Å². The van der Waals surface area contributed by atoms with Crippen molar-refractivity contribution in [1.82, 2.24) is 0 Å². The number of terminal acetylenes is 1. The van der Waals surface area contributed by atoms with Gasteiger partial charge in [0.2, 0.25) is 0 Å².